The van der Waals surface area contributed by atoms with Gasteiger partial charge in [-0.05, 0) is 13.1 Å². The van der Waals surface area contributed by atoms with Gasteiger partial charge in [0.25, 0.3) is 0 Å². The molecule has 27 heavy (non-hydrogen) atoms. The molecule has 2 aromatic rings. The van der Waals surface area contributed by atoms with Gasteiger partial charge >= 0.3 is 0 Å². The summed E-state index contributed by atoms with van der Waals surface area (Å²) < 4.78 is 44.0. The van der Waals surface area contributed by atoms with Crippen LogP contribution in [0.4, 0.5) is 18.9 Å². The van der Waals surface area contributed by atoms with Crippen molar-refractivity contribution >= 4 is 28.7 Å². The van der Waals surface area contributed by atoms with Gasteiger partial charge in [-0.15, -0.1) is 0 Å². The number of carbonyl (C=O) groups excluding carboxylic acids is 2. The van der Waals surface area contributed by atoms with E-state index in [1.54, 1.807) is 4.90 Å². The molecule has 9 heteroatoms. The third-order valence-electron chi connectivity index (χ3n) is 4.75. The van der Waals surface area contributed by atoms with E-state index in [1.165, 1.54) is 0 Å². The minimum absolute atomic E-state index is 0.0618. The summed E-state index contributed by atoms with van der Waals surface area (Å²) in [5, 5.41) is -0.399. The van der Waals surface area contributed by atoms with Crippen LogP contribution in [0.5, 0.6) is 0 Å². The largest absolute Gasteiger partial charge is 0.364 e. The van der Waals surface area contributed by atoms with Gasteiger partial charge in [-0.2, -0.15) is 0 Å². The molecular formula is C18H18F3N3O3. The zero-order valence-electron chi connectivity index (χ0n) is 14.7. The molecule has 0 radical (unpaired) electrons. The van der Waals surface area contributed by atoms with E-state index in [0.29, 0.717) is 26.2 Å². The first-order chi connectivity index (χ1) is 12.9. The lowest BCUT2D eigenvalue weighted by atomic mass is 10.1. The normalized spacial score (nSPS) is 15.3. The van der Waals surface area contributed by atoms with Crippen molar-refractivity contribution in [3.63, 3.8) is 0 Å². The predicted octanol–water partition coefficient (Wildman–Crippen LogP) is 1.38. The number of aryl methyl sites for hydroxylation is 1. The van der Waals surface area contributed by atoms with Crippen molar-refractivity contribution in [3.8, 4) is 0 Å². The minimum Gasteiger partial charge on any atom is -0.364 e. The Hall–Kier alpha value is -2.68. The molecule has 1 aromatic heterocycles. The first kappa shape index (κ1) is 19.1. The Morgan fingerprint density at radius 3 is 2.48 bits per heavy atom. The van der Waals surface area contributed by atoms with Gasteiger partial charge in [-0.25, -0.2) is 13.2 Å². The second-order valence-corrected chi connectivity index (χ2v) is 6.44. The molecule has 0 bridgehead atoms. The number of pyridine rings is 1. The number of Topliss-reactive ketones (excluding diaryl/α,β-unsaturated/α-hetero) is 1. The number of hydrogen-bond acceptors (Lipinski definition) is 5. The summed E-state index contributed by atoms with van der Waals surface area (Å²) in [6.07, 6.45) is 0.892. The van der Waals surface area contributed by atoms with E-state index >= 15 is 4.39 Å². The number of alkyl halides is 1. The SMILES string of the molecule is CN1CCN(c2c(F)cc3c(=O)c(C(=O)C=O)cn(CCF)c3c2F)CC1. The fourth-order valence-electron chi connectivity index (χ4n) is 3.30. The Morgan fingerprint density at radius 1 is 1.22 bits per heavy atom. The van der Waals surface area contributed by atoms with Gasteiger partial charge in [-0.3, -0.25) is 14.4 Å². The highest BCUT2D eigenvalue weighted by Gasteiger charge is 2.26. The van der Waals surface area contributed by atoms with Crippen LogP contribution < -0.4 is 10.3 Å². The van der Waals surface area contributed by atoms with Crippen molar-refractivity contribution in [2.45, 2.75) is 6.54 Å². The van der Waals surface area contributed by atoms with E-state index in [9.17, 15) is 23.2 Å². The molecule has 1 aliphatic rings. The standard InChI is InChI=1S/C18H18F3N3O3/c1-22-4-6-23(7-5-22)17-13(20)8-11-16(15(17)21)24(3-2-19)9-12(18(11)27)14(26)10-25/h8-10H,2-7H2,1H3. The van der Waals surface area contributed by atoms with Gasteiger partial charge < -0.3 is 14.4 Å². The van der Waals surface area contributed by atoms with Crippen molar-refractivity contribution in [3.05, 3.63) is 39.7 Å². The molecule has 0 saturated carbocycles. The highest BCUT2D eigenvalue weighted by molar-refractivity contribution is 6.33. The Bertz CT molecular complexity index is 966. The number of halogens is 3. The number of rotatable bonds is 5. The highest BCUT2D eigenvalue weighted by Crippen LogP contribution is 2.30. The van der Waals surface area contributed by atoms with Crippen LogP contribution in [0.1, 0.15) is 10.4 Å². The van der Waals surface area contributed by atoms with Crippen molar-refractivity contribution < 1.29 is 22.8 Å². The Balaban J connectivity index is 2.28. The maximum atomic E-state index is 15.3. The van der Waals surface area contributed by atoms with Gasteiger partial charge in [0.05, 0.1) is 23.0 Å². The Morgan fingerprint density at radius 2 is 1.89 bits per heavy atom. The van der Waals surface area contributed by atoms with Crippen molar-refractivity contribution in [1.29, 1.82) is 0 Å². The number of benzene rings is 1. The van der Waals surface area contributed by atoms with E-state index in [1.807, 2.05) is 11.9 Å². The Kier molecular flexibility index (Phi) is 5.31. The van der Waals surface area contributed by atoms with E-state index in [0.717, 1.165) is 16.8 Å². The van der Waals surface area contributed by atoms with Gasteiger partial charge in [0, 0.05) is 32.4 Å². The second kappa shape index (κ2) is 7.51. The van der Waals surface area contributed by atoms with Crippen LogP contribution in [0, 0.1) is 11.6 Å². The number of anilines is 1. The molecule has 1 aromatic carbocycles. The monoisotopic (exact) mass is 381 g/mol. The van der Waals surface area contributed by atoms with Crippen LogP contribution in [0.2, 0.25) is 0 Å². The summed E-state index contributed by atoms with van der Waals surface area (Å²) in [5.74, 6) is -3.05. The molecule has 0 amide bonds. The molecule has 1 fully saturated rings. The summed E-state index contributed by atoms with van der Waals surface area (Å²) >= 11 is 0. The zero-order valence-corrected chi connectivity index (χ0v) is 14.7. The van der Waals surface area contributed by atoms with Crippen LogP contribution in [0.3, 0.4) is 0 Å². The van der Waals surface area contributed by atoms with Crippen LogP contribution in [0.25, 0.3) is 10.9 Å². The van der Waals surface area contributed by atoms with E-state index in [2.05, 4.69) is 0 Å². The maximum Gasteiger partial charge on any atom is 0.230 e. The number of likely N-dealkylation sites (N-methyl/N-ethyl adjacent to an activating group) is 1. The van der Waals surface area contributed by atoms with E-state index in [4.69, 9.17) is 0 Å². The van der Waals surface area contributed by atoms with Crippen molar-refractivity contribution in [1.82, 2.24) is 9.47 Å². The summed E-state index contributed by atoms with van der Waals surface area (Å²) in [5.41, 5.74) is -2.07. The molecular weight excluding hydrogens is 363 g/mol. The molecule has 0 spiro atoms. The fourth-order valence-corrected chi connectivity index (χ4v) is 3.30. The smallest absolute Gasteiger partial charge is 0.230 e. The number of aldehydes is 1. The average Bonchev–Trinajstić information content (AvgIpc) is 2.65. The molecule has 0 unspecified atom stereocenters. The summed E-state index contributed by atoms with van der Waals surface area (Å²) in [4.78, 5) is 38.5. The summed E-state index contributed by atoms with van der Waals surface area (Å²) in [7, 11) is 1.90. The van der Waals surface area contributed by atoms with Crippen molar-refractivity contribution in [2.24, 2.45) is 0 Å². The first-order valence-corrected chi connectivity index (χ1v) is 8.43. The Labute approximate surface area is 152 Å². The van der Waals surface area contributed by atoms with Gasteiger partial charge in [0.2, 0.25) is 11.2 Å². The molecule has 1 aliphatic heterocycles. The molecule has 1 saturated heterocycles. The number of fused-ring (bicyclic) bond motifs is 1. The van der Waals surface area contributed by atoms with Crippen molar-refractivity contribution in [2.75, 3.05) is 44.8 Å². The average molecular weight is 381 g/mol. The summed E-state index contributed by atoms with van der Waals surface area (Å²) in [6, 6.07) is 0.852. The lowest BCUT2D eigenvalue weighted by molar-refractivity contribution is -0.104. The first-order valence-electron chi connectivity index (χ1n) is 8.43. The quantitative estimate of drug-likeness (QED) is 0.445. The number of piperazine rings is 1. The van der Waals surface area contributed by atoms with E-state index in [-0.39, 0.29) is 24.0 Å². The summed E-state index contributed by atoms with van der Waals surface area (Å²) in [6.45, 7) is 0.770. The fraction of sp³-hybridized carbons (Fsp3) is 0.389. The molecule has 0 atom stereocenters. The third kappa shape index (κ3) is 3.34. The third-order valence-corrected chi connectivity index (χ3v) is 4.75. The molecule has 0 aliphatic carbocycles. The van der Waals surface area contributed by atoms with E-state index < -0.39 is 40.5 Å². The highest BCUT2D eigenvalue weighted by atomic mass is 19.1. The van der Waals surface area contributed by atoms with Gasteiger partial charge in [0.1, 0.15) is 18.2 Å². The van der Waals surface area contributed by atoms with Crippen LogP contribution in [-0.4, -0.2) is 61.4 Å². The van der Waals surface area contributed by atoms with Crippen LogP contribution >= 0.6 is 0 Å². The zero-order chi connectivity index (χ0) is 19.7. The van der Waals surface area contributed by atoms with Gasteiger partial charge in [0.15, 0.2) is 12.1 Å². The molecule has 3 rings (SSSR count). The lowest BCUT2D eigenvalue weighted by Gasteiger charge is -2.34. The molecule has 6 nitrogen and oxygen atoms in total. The van der Waals surface area contributed by atoms with Crippen LogP contribution in [0.15, 0.2) is 17.1 Å². The minimum atomic E-state index is -1.13. The van der Waals surface area contributed by atoms with Gasteiger partial charge in [-0.1, -0.05) is 0 Å². The molecule has 0 N–H and O–H groups in total. The molecule has 2 heterocycles. The lowest BCUT2D eigenvalue weighted by Crippen LogP contribution is -2.45. The number of carbonyl (C=O) groups is 2. The number of nitrogens with zero attached hydrogens (tertiary/aromatic N) is 3. The number of aromatic nitrogens is 1. The van der Waals surface area contributed by atoms with Crippen LogP contribution in [-0.2, 0) is 11.3 Å². The molecule has 144 valence electrons. The number of ketones is 1. The number of hydrogen-bond donors (Lipinski definition) is 0. The maximum absolute atomic E-state index is 15.3. The topological polar surface area (TPSA) is 62.6 Å². The predicted molar refractivity (Wildman–Crippen MR) is 94.2 cm³/mol. The second-order valence-electron chi connectivity index (χ2n) is 6.44.